The molecule has 0 unspecified atom stereocenters. The van der Waals surface area contributed by atoms with Crippen LogP contribution in [-0.4, -0.2) is 61.7 Å². The van der Waals surface area contributed by atoms with Crippen LogP contribution in [0.5, 0.6) is 0 Å². The van der Waals surface area contributed by atoms with Crippen molar-refractivity contribution in [2.24, 2.45) is 0 Å². The smallest absolute Gasteiger partial charge is 0.410 e. The number of nitrogens with zero attached hydrogens (tertiary/aromatic N) is 6. The molecule has 0 N–H and O–H groups in total. The van der Waals surface area contributed by atoms with E-state index in [0.29, 0.717) is 40.3 Å². The van der Waals surface area contributed by atoms with Gasteiger partial charge in [0, 0.05) is 53.0 Å². The average Bonchev–Trinajstić information content (AvgIpc) is 3.15. The number of carbonyl (C=O) groups excluding carboxylic acids is 1. The van der Waals surface area contributed by atoms with E-state index in [2.05, 4.69) is 24.8 Å². The van der Waals surface area contributed by atoms with Crippen LogP contribution in [0.1, 0.15) is 27.2 Å². The van der Waals surface area contributed by atoms with Crippen LogP contribution >= 0.6 is 11.6 Å². The normalized spacial score (nSPS) is 19.5. The van der Waals surface area contributed by atoms with Crippen molar-refractivity contribution in [3.05, 3.63) is 54.0 Å². The maximum atomic E-state index is 15.9. The largest absolute Gasteiger partial charge is 0.444 e. The maximum Gasteiger partial charge on any atom is 0.410 e. The second kappa shape index (κ2) is 8.23. The number of hydrogen-bond donors (Lipinski definition) is 0. The van der Waals surface area contributed by atoms with Crippen molar-refractivity contribution in [3.63, 3.8) is 0 Å². The Morgan fingerprint density at radius 3 is 2.78 bits per heavy atom. The summed E-state index contributed by atoms with van der Waals surface area (Å²) < 4.78 is 21.4. The third kappa shape index (κ3) is 3.61. The van der Waals surface area contributed by atoms with Crippen LogP contribution in [-0.2, 0) is 4.74 Å². The fraction of sp³-hybridized carbons (Fsp3) is 0.346. The zero-order valence-corrected chi connectivity index (χ0v) is 20.8. The van der Waals surface area contributed by atoms with Gasteiger partial charge >= 0.3 is 6.09 Å². The average molecular weight is 507 g/mol. The van der Waals surface area contributed by atoms with E-state index in [1.807, 2.05) is 32.9 Å². The zero-order chi connectivity index (χ0) is 25.2. The van der Waals surface area contributed by atoms with E-state index in [1.165, 1.54) is 6.33 Å². The lowest BCUT2D eigenvalue weighted by atomic mass is 9.96. The van der Waals surface area contributed by atoms with Gasteiger partial charge in [0.2, 0.25) is 0 Å². The van der Waals surface area contributed by atoms with Gasteiger partial charge in [0.15, 0.2) is 5.82 Å². The van der Waals surface area contributed by atoms with E-state index in [1.54, 1.807) is 29.6 Å². The molecule has 1 amide bonds. The van der Waals surface area contributed by atoms with Crippen LogP contribution in [0.15, 0.2) is 43.1 Å². The third-order valence-corrected chi connectivity index (χ3v) is 7.10. The van der Waals surface area contributed by atoms with E-state index in [9.17, 15) is 4.79 Å². The van der Waals surface area contributed by atoms with Gasteiger partial charge in [-0.2, -0.15) is 0 Å². The molecule has 8 nitrogen and oxygen atoms in total. The maximum absolute atomic E-state index is 15.9. The Bertz CT molecular complexity index is 1520. The Balaban J connectivity index is 1.35. The first-order valence-corrected chi connectivity index (χ1v) is 12.2. The molecule has 6 rings (SSSR count). The molecule has 0 saturated carbocycles. The molecule has 2 saturated heterocycles. The molecule has 0 spiro atoms. The zero-order valence-electron chi connectivity index (χ0n) is 20.1. The number of halogens is 2. The summed E-state index contributed by atoms with van der Waals surface area (Å²) in [5.41, 5.74) is 0.272. The number of pyridine rings is 2. The topological polar surface area (TPSA) is 84.3 Å². The molecule has 3 aromatic heterocycles. The lowest BCUT2D eigenvalue weighted by Gasteiger charge is -2.47. The highest BCUT2D eigenvalue weighted by atomic mass is 35.5. The number of benzene rings is 1. The van der Waals surface area contributed by atoms with Crippen molar-refractivity contribution in [1.29, 1.82) is 0 Å². The summed E-state index contributed by atoms with van der Waals surface area (Å²) in [7, 11) is 0. The molecule has 0 aliphatic carbocycles. The summed E-state index contributed by atoms with van der Waals surface area (Å²) in [6.45, 7) is 6.77. The van der Waals surface area contributed by atoms with Crippen LogP contribution in [0.2, 0.25) is 5.02 Å². The first-order chi connectivity index (χ1) is 17.2. The van der Waals surface area contributed by atoms with Gasteiger partial charge in [-0.05, 0) is 33.3 Å². The van der Waals surface area contributed by atoms with E-state index < -0.39 is 11.4 Å². The highest BCUT2D eigenvalue weighted by molar-refractivity contribution is 6.36. The van der Waals surface area contributed by atoms with E-state index in [-0.39, 0.29) is 29.4 Å². The second-order valence-corrected chi connectivity index (χ2v) is 10.6. The standard InChI is InChI=1S/C26H24ClFN6O2/c1-26(2,3)36-25(35)33-8-7-18-19(33)12-34(18)24-16-11-30-22(21(28)23(16)31-13-32-24)15-10-29-9-14-5-4-6-17(27)20(14)15/h4-6,9-11,13,18-19H,7-8,12H2,1-3H3/t18-,19-/m1/s1. The first-order valence-electron chi connectivity index (χ1n) is 11.8. The highest BCUT2D eigenvalue weighted by Gasteiger charge is 2.50. The molecule has 4 aromatic rings. The Morgan fingerprint density at radius 1 is 1.14 bits per heavy atom. The van der Waals surface area contributed by atoms with Crippen molar-refractivity contribution < 1.29 is 13.9 Å². The van der Waals surface area contributed by atoms with Crippen LogP contribution in [0.4, 0.5) is 15.0 Å². The minimum absolute atomic E-state index is 0.0332. The molecular weight excluding hydrogens is 483 g/mol. The fourth-order valence-electron chi connectivity index (χ4n) is 5.17. The molecule has 2 atom stereocenters. The van der Waals surface area contributed by atoms with Crippen molar-refractivity contribution >= 4 is 45.2 Å². The van der Waals surface area contributed by atoms with Gasteiger partial charge in [-0.3, -0.25) is 9.97 Å². The summed E-state index contributed by atoms with van der Waals surface area (Å²) in [5, 5.41) is 2.50. The van der Waals surface area contributed by atoms with Gasteiger partial charge in [-0.25, -0.2) is 19.2 Å². The van der Waals surface area contributed by atoms with Crippen molar-refractivity contribution in [1.82, 2.24) is 24.8 Å². The van der Waals surface area contributed by atoms with Crippen molar-refractivity contribution in [3.8, 4) is 11.3 Å². The number of likely N-dealkylation sites (tertiary alicyclic amines) is 1. The molecular formula is C26H24ClFN6O2. The Hall–Kier alpha value is -3.59. The number of carbonyl (C=O) groups is 1. The van der Waals surface area contributed by atoms with Crippen LogP contribution < -0.4 is 4.90 Å². The number of rotatable bonds is 2. The summed E-state index contributed by atoms with van der Waals surface area (Å²) in [6.07, 6.45) is 6.70. The van der Waals surface area contributed by atoms with Crippen molar-refractivity contribution in [2.75, 3.05) is 18.0 Å². The number of anilines is 1. The summed E-state index contributed by atoms with van der Waals surface area (Å²) in [5.74, 6) is 0.0589. The van der Waals surface area contributed by atoms with E-state index in [4.69, 9.17) is 16.3 Å². The minimum atomic E-state index is -0.552. The van der Waals surface area contributed by atoms with Gasteiger partial charge in [0.25, 0.3) is 0 Å². The molecule has 2 aliphatic rings. The summed E-state index contributed by atoms with van der Waals surface area (Å²) >= 11 is 6.45. The molecule has 184 valence electrons. The summed E-state index contributed by atoms with van der Waals surface area (Å²) in [4.78, 5) is 33.9. The van der Waals surface area contributed by atoms with Gasteiger partial charge in [-0.1, -0.05) is 23.7 Å². The number of fused-ring (bicyclic) bond motifs is 3. The number of aromatic nitrogens is 4. The molecule has 10 heteroatoms. The lowest BCUT2D eigenvalue weighted by Crippen LogP contribution is -2.63. The molecule has 1 aromatic carbocycles. The summed E-state index contributed by atoms with van der Waals surface area (Å²) in [6, 6.07) is 5.58. The van der Waals surface area contributed by atoms with E-state index >= 15 is 4.39 Å². The van der Waals surface area contributed by atoms with Crippen LogP contribution in [0.25, 0.3) is 32.9 Å². The predicted octanol–water partition coefficient (Wildman–Crippen LogP) is 5.23. The molecule has 5 heterocycles. The Kier molecular flexibility index (Phi) is 5.22. The van der Waals surface area contributed by atoms with Gasteiger partial charge in [-0.15, -0.1) is 0 Å². The second-order valence-electron chi connectivity index (χ2n) is 10.2. The molecule has 0 bridgehead atoms. The number of amides is 1. The van der Waals surface area contributed by atoms with Crippen molar-refractivity contribution in [2.45, 2.75) is 44.9 Å². The monoisotopic (exact) mass is 506 g/mol. The van der Waals surface area contributed by atoms with Gasteiger partial charge < -0.3 is 14.5 Å². The van der Waals surface area contributed by atoms with Crippen LogP contribution in [0.3, 0.4) is 0 Å². The first kappa shape index (κ1) is 22.8. The minimum Gasteiger partial charge on any atom is -0.444 e. The predicted molar refractivity (Wildman–Crippen MR) is 136 cm³/mol. The molecule has 36 heavy (non-hydrogen) atoms. The lowest BCUT2D eigenvalue weighted by molar-refractivity contribution is 0.0193. The SMILES string of the molecule is CC(C)(C)OC(=O)N1CC[C@@H]2[C@H]1CN2c1ncnc2c(F)c(-c3cncc4cccc(Cl)c34)ncc12. The molecule has 2 aliphatic heterocycles. The number of ether oxygens (including phenoxy) is 1. The molecule has 0 radical (unpaired) electrons. The molecule has 2 fully saturated rings. The quantitative estimate of drug-likeness (QED) is 0.368. The van der Waals surface area contributed by atoms with E-state index in [0.717, 1.165) is 11.8 Å². The van der Waals surface area contributed by atoms with Gasteiger partial charge in [0.1, 0.15) is 29.0 Å². The Labute approximate surface area is 212 Å². The van der Waals surface area contributed by atoms with Gasteiger partial charge in [0.05, 0.1) is 17.5 Å². The number of hydrogen-bond acceptors (Lipinski definition) is 7. The Morgan fingerprint density at radius 2 is 1.97 bits per heavy atom. The fourth-order valence-corrected chi connectivity index (χ4v) is 5.46. The van der Waals surface area contributed by atoms with Crippen LogP contribution in [0, 0.1) is 5.82 Å². The third-order valence-electron chi connectivity index (χ3n) is 6.78. The highest BCUT2D eigenvalue weighted by Crippen LogP contribution is 2.40.